The van der Waals surface area contributed by atoms with Gasteiger partial charge in [0.15, 0.2) is 13.2 Å². The Morgan fingerprint density at radius 2 is 1.73 bits per heavy atom. The number of aromatic amines is 1. The highest BCUT2D eigenvalue weighted by Gasteiger charge is 2.55. The molecule has 9 nitrogen and oxygen atoms in total. The molecule has 4 N–H and O–H groups in total. The van der Waals surface area contributed by atoms with Crippen molar-refractivity contribution in [3.05, 3.63) is 52.9 Å². The third-order valence-electron chi connectivity index (χ3n) is 7.46. The number of hydrogen-bond donors (Lipinski definition) is 4. The lowest BCUT2D eigenvalue weighted by Crippen LogP contribution is -2.70. The number of aryl methyl sites for hydroxylation is 1. The van der Waals surface area contributed by atoms with Crippen molar-refractivity contribution in [2.45, 2.75) is 56.2 Å². The van der Waals surface area contributed by atoms with E-state index in [1.165, 1.54) is 12.1 Å². The van der Waals surface area contributed by atoms with Crippen LogP contribution < -0.4 is 20.1 Å². The van der Waals surface area contributed by atoms with E-state index < -0.39 is 23.0 Å². The molecule has 196 valence electrons. The smallest absolute Gasteiger partial charge is 0.258 e. The fourth-order valence-electron chi connectivity index (χ4n) is 5.39. The average Bonchev–Trinajstić information content (AvgIpc) is 3.24. The summed E-state index contributed by atoms with van der Waals surface area (Å²) in [6.07, 6.45) is 1.71. The van der Waals surface area contributed by atoms with Crippen LogP contribution in [0.3, 0.4) is 0 Å². The number of ether oxygens (including phenoxy) is 2. The number of carbonyl (C=O) groups is 2. The van der Waals surface area contributed by atoms with E-state index in [1.807, 2.05) is 13.0 Å². The number of amides is 2. The van der Waals surface area contributed by atoms with Gasteiger partial charge in [0.05, 0.1) is 22.2 Å². The van der Waals surface area contributed by atoms with Crippen LogP contribution in [0.4, 0.5) is 4.39 Å². The zero-order valence-electron chi connectivity index (χ0n) is 20.3. The lowest BCUT2D eigenvalue weighted by molar-refractivity contribution is -0.137. The van der Waals surface area contributed by atoms with Gasteiger partial charge in [-0.25, -0.2) is 4.39 Å². The lowest BCUT2D eigenvalue weighted by Gasteiger charge is -2.56. The SMILES string of the molecule is Cc1[nH]nc2cc(OCC(=O)NC34CCC(NC(=O)COc5ccc(Cl)c(F)c5)(CC3)C[C@H]4O)ccc12. The molecule has 2 aromatic carbocycles. The van der Waals surface area contributed by atoms with E-state index in [2.05, 4.69) is 20.8 Å². The standard InChI is InChI=1S/C26H28ClFN4O5/c1-15-18-4-2-17(11-21(18)32-31-15)37-14-24(35)30-26-8-6-25(7-9-26,12-22(26)33)29-23(34)13-36-16-3-5-19(27)20(28)10-16/h2-5,10-11,22,33H,6-9,12-14H2,1H3,(H,29,34)(H,30,35)(H,31,32)/t22-,25?,26?/m1/s1. The van der Waals surface area contributed by atoms with E-state index in [0.29, 0.717) is 37.9 Å². The molecule has 0 aliphatic heterocycles. The third-order valence-corrected chi connectivity index (χ3v) is 7.77. The van der Waals surface area contributed by atoms with Gasteiger partial charge in [-0.1, -0.05) is 11.6 Å². The molecule has 3 aromatic rings. The number of aromatic nitrogens is 2. The average molecular weight is 531 g/mol. The van der Waals surface area contributed by atoms with E-state index in [9.17, 15) is 19.1 Å². The Bertz CT molecular complexity index is 1340. The van der Waals surface area contributed by atoms with E-state index in [0.717, 1.165) is 22.7 Å². The molecular formula is C26H28ClFN4O5. The number of H-pyrrole nitrogens is 1. The van der Waals surface area contributed by atoms with E-state index >= 15 is 0 Å². The molecule has 3 fully saturated rings. The van der Waals surface area contributed by atoms with Crippen LogP contribution in [0.1, 0.15) is 37.8 Å². The van der Waals surface area contributed by atoms with Crippen LogP contribution >= 0.6 is 11.6 Å². The van der Waals surface area contributed by atoms with Crippen LogP contribution in [0.25, 0.3) is 10.9 Å². The Balaban J connectivity index is 1.12. The molecule has 3 aliphatic rings. The minimum atomic E-state index is -0.825. The molecule has 1 atom stereocenters. The second-order valence-corrected chi connectivity index (χ2v) is 10.3. The van der Waals surface area contributed by atoms with Gasteiger partial charge in [0.1, 0.15) is 17.3 Å². The summed E-state index contributed by atoms with van der Waals surface area (Å²) in [6.45, 7) is 1.45. The number of benzene rings is 2. The van der Waals surface area contributed by atoms with Gasteiger partial charge in [0.25, 0.3) is 11.8 Å². The van der Waals surface area contributed by atoms with E-state index in [4.69, 9.17) is 21.1 Å². The summed E-state index contributed by atoms with van der Waals surface area (Å²) in [7, 11) is 0. The van der Waals surface area contributed by atoms with Crippen LogP contribution in [0.15, 0.2) is 36.4 Å². The molecule has 2 amide bonds. The molecule has 3 aliphatic carbocycles. The maximum atomic E-state index is 13.6. The van der Waals surface area contributed by atoms with Crippen molar-refractivity contribution in [1.29, 1.82) is 0 Å². The summed E-state index contributed by atoms with van der Waals surface area (Å²) in [5, 5.41) is 25.0. The summed E-state index contributed by atoms with van der Waals surface area (Å²) >= 11 is 5.67. The molecule has 1 aromatic heterocycles. The molecule has 37 heavy (non-hydrogen) atoms. The highest BCUT2D eigenvalue weighted by atomic mass is 35.5. The number of nitrogens with one attached hydrogen (secondary N) is 3. The van der Waals surface area contributed by atoms with Crippen LogP contribution in [0, 0.1) is 12.7 Å². The van der Waals surface area contributed by atoms with Gasteiger partial charge in [0, 0.05) is 28.8 Å². The van der Waals surface area contributed by atoms with Gasteiger partial charge in [-0.2, -0.15) is 5.10 Å². The third kappa shape index (κ3) is 5.21. The predicted molar refractivity (Wildman–Crippen MR) is 134 cm³/mol. The summed E-state index contributed by atoms with van der Waals surface area (Å²) in [5.74, 6) is -0.577. The Morgan fingerprint density at radius 3 is 2.41 bits per heavy atom. The van der Waals surface area contributed by atoms with Gasteiger partial charge >= 0.3 is 0 Å². The quantitative estimate of drug-likeness (QED) is 0.354. The molecule has 0 spiro atoms. The second kappa shape index (κ2) is 9.83. The van der Waals surface area contributed by atoms with Crippen molar-refractivity contribution >= 4 is 34.3 Å². The number of halogens is 2. The lowest BCUT2D eigenvalue weighted by atomic mass is 9.60. The number of aliphatic hydroxyl groups excluding tert-OH is 1. The van der Waals surface area contributed by atoms with E-state index in [-0.39, 0.29) is 35.8 Å². The number of fused-ring (bicyclic) bond motifs is 4. The van der Waals surface area contributed by atoms with Crippen LogP contribution in [0.2, 0.25) is 5.02 Å². The summed E-state index contributed by atoms with van der Waals surface area (Å²) in [5.41, 5.74) is 0.380. The monoisotopic (exact) mass is 530 g/mol. The Hall–Kier alpha value is -3.37. The minimum Gasteiger partial charge on any atom is -0.484 e. The van der Waals surface area contributed by atoms with Crippen molar-refractivity contribution in [2.24, 2.45) is 0 Å². The summed E-state index contributed by atoms with van der Waals surface area (Å²) in [4.78, 5) is 25.3. The first-order valence-corrected chi connectivity index (χ1v) is 12.5. The Morgan fingerprint density at radius 1 is 1.08 bits per heavy atom. The molecular weight excluding hydrogens is 503 g/mol. The highest BCUT2D eigenvalue weighted by molar-refractivity contribution is 6.30. The first kappa shape index (κ1) is 25.3. The van der Waals surface area contributed by atoms with Gasteiger partial charge in [-0.05, 0) is 63.3 Å². The van der Waals surface area contributed by atoms with Gasteiger partial charge < -0.3 is 25.2 Å². The molecule has 0 radical (unpaired) electrons. The van der Waals surface area contributed by atoms with Crippen molar-refractivity contribution in [3.63, 3.8) is 0 Å². The fourth-order valence-corrected chi connectivity index (χ4v) is 5.50. The minimum absolute atomic E-state index is 0.0261. The van der Waals surface area contributed by atoms with Crippen LogP contribution in [0.5, 0.6) is 11.5 Å². The largest absolute Gasteiger partial charge is 0.484 e. The van der Waals surface area contributed by atoms with E-state index in [1.54, 1.807) is 12.1 Å². The Labute approximate surface area is 217 Å². The highest BCUT2D eigenvalue weighted by Crippen LogP contribution is 2.47. The number of nitrogens with zero attached hydrogens (tertiary/aromatic N) is 1. The van der Waals surface area contributed by atoms with Crippen molar-refractivity contribution in [3.8, 4) is 11.5 Å². The fraction of sp³-hybridized carbons (Fsp3) is 0.423. The van der Waals surface area contributed by atoms with Gasteiger partial charge in [0.2, 0.25) is 0 Å². The zero-order valence-corrected chi connectivity index (χ0v) is 21.0. The number of hydrogen-bond acceptors (Lipinski definition) is 6. The first-order valence-electron chi connectivity index (χ1n) is 12.1. The van der Waals surface area contributed by atoms with Crippen LogP contribution in [-0.4, -0.2) is 57.5 Å². The van der Waals surface area contributed by atoms with Gasteiger partial charge in [-0.3, -0.25) is 14.7 Å². The second-order valence-electron chi connectivity index (χ2n) is 9.93. The molecule has 6 rings (SSSR count). The molecule has 3 saturated carbocycles. The van der Waals surface area contributed by atoms with Crippen LogP contribution in [-0.2, 0) is 9.59 Å². The number of carbonyl (C=O) groups excluding carboxylic acids is 2. The molecule has 0 unspecified atom stereocenters. The maximum Gasteiger partial charge on any atom is 0.258 e. The molecule has 0 saturated heterocycles. The summed E-state index contributed by atoms with van der Waals surface area (Å²) < 4.78 is 24.6. The summed E-state index contributed by atoms with van der Waals surface area (Å²) in [6, 6.07) is 9.41. The zero-order chi connectivity index (χ0) is 26.2. The molecule has 1 heterocycles. The normalized spacial score (nSPS) is 24.6. The maximum absolute atomic E-state index is 13.6. The molecule has 2 bridgehead atoms. The topological polar surface area (TPSA) is 126 Å². The number of aliphatic hydroxyl groups is 1. The predicted octanol–water partition coefficient (Wildman–Crippen LogP) is 3.17. The number of rotatable bonds is 8. The van der Waals surface area contributed by atoms with Crippen molar-refractivity contribution in [1.82, 2.24) is 20.8 Å². The Kier molecular flexibility index (Phi) is 6.72. The van der Waals surface area contributed by atoms with Crippen molar-refractivity contribution < 1.29 is 28.6 Å². The van der Waals surface area contributed by atoms with Gasteiger partial charge in [-0.15, -0.1) is 0 Å². The molecule has 11 heteroatoms. The first-order chi connectivity index (χ1) is 17.7. The van der Waals surface area contributed by atoms with Crippen molar-refractivity contribution in [2.75, 3.05) is 13.2 Å².